The molecule has 1 heterocycles. The smallest absolute Gasteiger partial charge is 0.336 e. The number of carboxylic acids is 1. The molecule has 0 saturated heterocycles. The molecule has 0 aliphatic heterocycles. The Bertz CT molecular complexity index is 638. The molecule has 0 amide bonds. The minimum Gasteiger partial charge on any atom is -0.478 e. The lowest BCUT2D eigenvalue weighted by Crippen LogP contribution is -2.01. The number of benzene rings is 1. The number of nitro groups is 1. The molecule has 5 nitrogen and oxygen atoms in total. The van der Waals surface area contributed by atoms with Gasteiger partial charge in [0.25, 0.3) is 5.69 Å². The van der Waals surface area contributed by atoms with E-state index in [2.05, 4.69) is 15.9 Å². The van der Waals surface area contributed by atoms with Crippen LogP contribution in [-0.4, -0.2) is 16.0 Å². The molecule has 92 valence electrons. The molecule has 7 heteroatoms. The van der Waals surface area contributed by atoms with Gasteiger partial charge in [0.1, 0.15) is 0 Å². The van der Waals surface area contributed by atoms with Gasteiger partial charge < -0.3 is 5.11 Å². The van der Waals surface area contributed by atoms with Gasteiger partial charge in [0.2, 0.25) is 0 Å². The third kappa shape index (κ3) is 2.27. The Morgan fingerprint density at radius 3 is 2.56 bits per heavy atom. The van der Waals surface area contributed by atoms with Crippen molar-refractivity contribution in [3.8, 4) is 11.1 Å². The first-order valence-electron chi connectivity index (χ1n) is 4.76. The second kappa shape index (κ2) is 4.87. The zero-order valence-corrected chi connectivity index (χ0v) is 11.2. The van der Waals surface area contributed by atoms with Crippen LogP contribution in [0.5, 0.6) is 0 Å². The van der Waals surface area contributed by atoms with Gasteiger partial charge in [0.15, 0.2) is 0 Å². The standard InChI is InChI=1S/C11H6BrNO4S/c12-10-8(3-4-18-10)7-2-1-6(13(16)17)5-9(7)11(14)15/h1-5H,(H,14,15). The van der Waals surface area contributed by atoms with Crippen LogP contribution in [0.4, 0.5) is 5.69 Å². The third-order valence-corrected chi connectivity index (χ3v) is 4.04. The minimum absolute atomic E-state index is 0.0803. The van der Waals surface area contributed by atoms with Crippen molar-refractivity contribution >= 4 is 38.9 Å². The van der Waals surface area contributed by atoms with E-state index in [0.717, 1.165) is 9.85 Å². The number of aromatic carboxylic acids is 1. The highest BCUT2D eigenvalue weighted by atomic mass is 79.9. The van der Waals surface area contributed by atoms with Crippen molar-refractivity contribution in [3.63, 3.8) is 0 Å². The van der Waals surface area contributed by atoms with Crippen molar-refractivity contribution in [2.75, 3.05) is 0 Å². The zero-order valence-electron chi connectivity index (χ0n) is 8.79. The van der Waals surface area contributed by atoms with Crippen LogP contribution in [-0.2, 0) is 0 Å². The van der Waals surface area contributed by atoms with Crippen LogP contribution in [0.25, 0.3) is 11.1 Å². The summed E-state index contributed by atoms with van der Waals surface area (Å²) in [6.45, 7) is 0. The van der Waals surface area contributed by atoms with Gasteiger partial charge in [-0.3, -0.25) is 10.1 Å². The van der Waals surface area contributed by atoms with Gasteiger partial charge in [-0.15, -0.1) is 11.3 Å². The van der Waals surface area contributed by atoms with Gasteiger partial charge in [0.05, 0.1) is 14.3 Å². The molecule has 0 bridgehead atoms. The van der Waals surface area contributed by atoms with Crippen LogP contribution < -0.4 is 0 Å². The maximum absolute atomic E-state index is 11.2. The number of rotatable bonds is 3. The summed E-state index contributed by atoms with van der Waals surface area (Å²) >= 11 is 4.75. The fourth-order valence-corrected chi connectivity index (χ4v) is 2.84. The van der Waals surface area contributed by atoms with Crippen molar-refractivity contribution in [1.29, 1.82) is 0 Å². The van der Waals surface area contributed by atoms with E-state index >= 15 is 0 Å². The Morgan fingerprint density at radius 1 is 1.33 bits per heavy atom. The molecule has 1 N–H and O–H groups in total. The highest BCUT2D eigenvalue weighted by Gasteiger charge is 2.18. The molecule has 2 rings (SSSR count). The second-order valence-corrected chi connectivity index (χ2v) is 5.63. The van der Waals surface area contributed by atoms with Crippen LogP contribution in [0.3, 0.4) is 0 Å². The molecular formula is C11H6BrNO4S. The molecule has 2 aromatic rings. The summed E-state index contributed by atoms with van der Waals surface area (Å²) in [6.07, 6.45) is 0. The van der Waals surface area contributed by atoms with E-state index in [1.807, 2.05) is 5.38 Å². The molecule has 1 aromatic carbocycles. The molecule has 0 atom stereocenters. The number of halogens is 1. The molecular weight excluding hydrogens is 322 g/mol. The van der Waals surface area contributed by atoms with E-state index < -0.39 is 10.9 Å². The van der Waals surface area contributed by atoms with Gasteiger partial charge in [-0.05, 0) is 39.0 Å². The number of non-ortho nitro benzene ring substituents is 1. The average molecular weight is 328 g/mol. The average Bonchev–Trinajstić information content (AvgIpc) is 2.74. The predicted molar refractivity (Wildman–Crippen MR) is 71.1 cm³/mol. The molecule has 0 spiro atoms. The van der Waals surface area contributed by atoms with E-state index in [4.69, 9.17) is 5.11 Å². The third-order valence-electron chi connectivity index (χ3n) is 2.35. The SMILES string of the molecule is O=C(O)c1cc([N+](=O)[O-])ccc1-c1ccsc1Br. The quantitative estimate of drug-likeness (QED) is 0.687. The van der Waals surface area contributed by atoms with E-state index in [1.165, 1.54) is 23.5 Å². The molecule has 0 unspecified atom stereocenters. The summed E-state index contributed by atoms with van der Waals surface area (Å²) in [4.78, 5) is 21.2. The van der Waals surface area contributed by atoms with Crippen molar-refractivity contribution in [1.82, 2.24) is 0 Å². The molecule has 1 aromatic heterocycles. The molecule has 0 aliphatic carbocycles. The zero-order chi connectivity index (χ0) is 13.3. The van der Waals surface area contributed by atoms with Crippen molar-refractivity contribution < 1.29 is 14.8 Å². The van der Waals surface area contributed by atoms with Crippen molar-refractivity contribution in [2.45, 2.75) is 0 Å². The minimum atomic E-state index is -1.19. The fourth-order valence-electron chi connectivity index (χ4n) is 1.54. The fraction of sp³-hybridized carbons (Fsp3) is 0. The number of hydrogen-bond donors (Lipinski definition) is 1. The summed E-state index contributed by atoms with van der Waals surface area (Å²) in [5.74, 6) is -1.19. The van der Waals surface area contributed by atoms with Gasteiger partial charge in [-0.1, -0.05) is 0 Å². The van der Waals surface area contributed by atoms with Gasteiger partial charge >= 0.3 is 5.97 Å². The van der Waals surface area contributed by atoms with Crippen LogP contribution in [0.2, 0.25) is 0 Å². The van der Waals surface area contributed by atoms with Crippen LogP contribution in [0, 0.1) is 10.1 Å². The lowest BCUT2D eigenvalue weighted by molar-refractivity contribution is -0.384. The first-order chi connectivity index (χ1) is 8.50. The first-order valence-corrected chi connectivity index (χ1v) is 6.43. The normalized spacial score (nSPS) is 10.3. The van der Waals surface area contributed by atoms with Crippen LogP contribution in [0.15, 0.2) is 33.4 Å². The van der Waals surface area contributed by atoms with E-state index in [9.17, 15) is 14.9 Å². The summed E-state index contributed by atoms with van der Waals surface area (Å²) in [5, 5.41) is 21.6. The largest absolute Gasteiger partial charge is 0.478 e. The molecule has 0 saturated carbocycles. The Labute approximate surface area is 114 Å². The van der Waals surface area contributed by atoms with E-state index in [-0.39, 0.29) is 11.3 Å². The Hall–Kier alpha value is -1.73. The number of thiophene rings is 1. The Morgan fingerprint density at radius 2 is 2.06 bits per heavy atom. The lowest BCUT2D eigenvalue weighted by atomic mass is 10.0. The maximum atomic E-state index is 11.2. The topological polar surface area (TPSA) is 80.4 Å². The number of hydrogen-bond acceptors (Lipinski definition) is 4. The first kappa shape index (κ1) is 12.7. The van der Waals surface area contributed by atoms with Crippen molar-refractivity contribution in [2.24, 2.45) is 0 Å². The monoisotopic (exact) mass is 327 g/mol. The maximum Gasteiger partial charge on any atom is 0.336 e. The second-order valence-electron chi connectivity index (χ2n) is 3.40. The number of nitrogens with zero attached hydrogens (tertiary/aromatic N) is 1. The number of carbonyl (C=O) groups is 1. The summed E-state index contributed by atoms with van der Waals surface area (Å²) < 4.78 is 0.791. The van der Waals surface area contributed by atoms with Crippen LogP contribution >= 0.6 is 27.3 Å². The van der Waals surface area contributed by atoms with Crippen LogP contribution in [0.1, 0.15) is 10.4 Å². The summed E-state index contributed by atoms with van der Waals surface area (Å²) in [6, 6.07) is 5.59. The van der Waals surface area contributed by atoms with Gasteiger partial charge in [-0.25, -0.2) is 4.79 Å². The Balaban J connectivity index is 2.65. The van der Waals surface area contributed by atoms with Gasteiger partial charge in [-0.2, -0.15) is 0 Å². The van der Waals surface area contributed by atoms with E-state index in [1.54, 1.807) is 6.07 Å². The molecule has 0 fully saturated rings. The predicted octanol–water partition coefficient (Wildman–Crippen LogP) is 3.78. The number of carboxylic acid groups (broad SMARTS) is 1. The van der Waals surface area contributed by atoms with Crippen molar-refractivity contribution in [3.05, 3.63) is 49.1 Å². The van der Waals surface area contributed by atoms with E-state index in [0.29, 0.717) is 11.1 Å². The Kier molecular flexibility index (Phi) is 3.44. The lowest BCUT2D eigenvalue weighted by Gasteiger charge is -2.04. The molecule has 0 radical (unpaired) electrons. The molecule has 0 aliphatic rings. The summed E-state index contributed by atoms with van der Waals surface area (Å²) in [7, 11) is 0. The summed E-state index contributed by atoms with van der Waals surface area (Å²) in [5.41, 5.74) is 0.860. The number of nitro benzene ring substituents is 1. The highest BCUT2D eigenvalue weighted by Crippen LogP contribution is 2.36. The highest BCUT2D eigenvalue weighted by molar-refractivity contribution is 9.11. The molecule has 18 heavy (non-hydrogen) atoms. The van der Waals surface area contributed by atoms with Gasteiger partial charge in [0, 0.05) is 17.7 Å².